The summed E-state index contributed by atoms with van der Waals surface area (Å²) in [6.45, 7) is 1.79. The van der Waals surface area contributed by atoms with Crippen LogP contribution in [0, 0.1) is 6.92 Å². The molecule has 1 atom stereocenters. The highest BCUT2D eigenvalue weighted by Crippen LogP contribution is 2.32. The molecule has 4 nitrogen and oxygen atoms in total. The molecule has 0 aliphatic rings. The number of thiazole rings is 1. The van der Waals surface area contributed by atoms with Gasteiger partial charge in [-0.2, -0.15) is 0 Å². The first-order chi connectivity index (χ1) is 6.68. The van der Waals surface area contributed by atoms with Crippen molar-refractivity contribution in [3.05, 3.63) is 23.2 Å². The number of hydrogen-bond donors (Lipinski definition) is 0. The third kappa shape index (κ3) is 1.63. The van der Waals surface area contributed by atoms with Gasteiger partial charge in [-0.3, -0.25) is 0 Å². The highest BCUT2D eigenvalue weighted by molar-refractivity contribution is 7.74. The maximum absolute atomic E-state index is 10.4. The van der Waals surface area contributed by atoms with Crippen LogP contribution < -0.4 is 4.18 Å². The maximum atomic E-state index is 10.4. The number of aryl methyl sites for hydroxylation is 1. The van der Waals surface area contributed by atoms with Crippen LogP contribution in [-0.4, -0.2) is 13.7 Å². The lowest BCUT2D eigenvalue weighted by Gasteiger charge is -2.09. The summed E-state index contributed by atoms with van der Waals surface area (Å²) in [6, 6.07) is 3.62. The fraction of sp³-hybridized carbons (Fsp3) is 0.125. The van der Waals surface area contributed by atoms with Crippen molar-refractivity contribution in [3.8, 4) is 5.75 Å². The van der Waals surface area contributed by atoms with Crippen LogP contribution in [0.4, 0.5) is 0 Å². The Morgan fingerprint density at radius 3 is 3.07 bits per heavy atom. The lowest BCUT2D eigenvalue weighted by molar-refractivity contribution is 0.441. The predicted molar refractivity (Wildman–Crippen MR) is 53.9 cm³/mol. The zero-order chi connectivity index (χ0) is 10.1. The molecule has 1 aromatic carbocycles. The van der Waals surface area contributed by atoms with E-state index in [1.165, 1.54) is 11.3 Å². The van der Waals surface area contributed by atoms with Crippen molar-refractivity contribution in [1.29, 1.82) is 0 Å². The van der Waals surface area contributed by atoms with Crippen molar-refractivity contribution < 1.29 is 12.9 Å². The van der Waals surface area contributed by atoms with Gasteiger partial charge < -0.3 is 8.74 Å². The minimum absolute atomic E-state index is 0.373. The van der Waals surface area contributed by atoms with E-state index >= 15 is 0 Å². The van der Waals surface area contributed by atoms with Gasteiger partial charge in [0.05, 0.1) is 15.7 Å². The maximum Gasteiger partial charge on any atom is 0.161 e. The molecular formula is C8H6NO3S2-. The van der Waals surface area contributed by atoms with Crippen LogP contribution in [-0.2, 0) is 11.4 Å². The summed E-state index contributed by atoms with van der Waals surface area (Å²) < 4.78 is 26.4. The van der Waals surface area contributed by atoms with Crippen LogP contribution in [0.3, 0.4) is 0 Å². The van der Waals surface area contributed by atoms with Gasteiger partial charge in [-0.05, 0) is 18.6 Å². The van der Waals surface area contributed by atoms with E-state index in [0.29, 0.717) is 5.75 Å². The molecule has 0 radical (unpaired) electrons. The minimum atomic E-state index is -2.54. The number of hydrogen-bond acceptors (Lipinski definition) is 5. The molecule has 0 bridgehead atoms. The predicted octanol–water partition coefficient (Wildman–Crippen LogP) is 1.78. The summed E-state index contributed by atoms with van der Waals surface area (Å²) in [5, 5.41) is 0. The highest BCUT2D eigenvalue weighted by atomic mass is 32.2. The number of rotatable bonds is 2. The molecule has 1 unspecified atom stereocenters. The highest BCUT2D eigenvalue weighted by Gasteiger charge is 2.08. The molecule has 0 amide bonds. The second kappa shape index (κ2) is 3.64. The first-order valence-electron chi connectivity index (χ1n) is 3.79. The average molecular weight is 228 g/mol. The summed E-state index contributed by atoms with van der Waals surface area (Å²) >= 11 is -1.18. The molecule has 0 aliphatic heterocycles. The summed E-state index contributed by atoms with van der Waals surface area (Å²) in [7, 11) is 0. The molecule has 14 heavy (non-hydrogen) atoms. The first kappa shape index (κ1) is 9.57. The Hall–Kier alpha value is -0.980. The van der Waals surface area contributed by atoms with E-state index in [-0.39, 0.29) is 0 Å². The summed E-state index contributed by atoms with van der Waals surface area (Å²) in [5.74, 6) is 0.373. The lowest BCUT2D eigenvalue weighted by atomic mass is 10.2. The Kier molecular flexibility index (Phi) is 2.49. The molecule has 1 aromatic heterocycles. The summed E-state index contributed by atoms with van der Waals surface area (Å²) in [4.78, 5) is 4.07. The lowest BCUT2D eigenvalue weighted by Crippen LogP contribution is -1.99. The quantitative estimate of drug-likeness (QED) is 0.735. The van der Waals surface area contributed by atoms with Gasteiger partial charge in [-0.25, -0.2) is 9.19 Å². The molecule has 2 aromatic rings. The van der Waals surface area contributed by atoms with E-state index in [1.54, 1.807) is 18.5 Å². The van der Waals surface area contributed by atoms with Gasteiger partial charge in [0, 0.05) is 0 Å². The Labute approximate surface area is 87.0 Å². The van der Waals surface area contributed by atoms with Crippen molar-refractivity contribution in [3.63, 3.8) is 0 Å². The van der Waals surface area contributed by atoms with E-state index in [9.17, 15) is 8.76 Å². The van der Waals surface area contributed by atoms with Crippen molar-refractivity contribution in [2.75, 3.05) is 0 Å². The standard InChI is InChI=1S/C8H7NO3S2/c1-5-2-3-6-8(13-4-9-6)7(5)12-14(10)11/h2-4H,1H3,(H,10,11)/p-1. The Balaban J connectivity index is 2.64. The molecule has 2 rings (SSSR count). The second-order valence-corrected chi connectivity index (χ2v) is 4.13. The summed E-state index contributed by atoms with van der Waals surface area (Å²) in [6.07, 6.45) is 0. The molecule has 6 heteroatoms. The SMILES string of the molecule is Cc1ccc2ncsc2c1OS(=O)[O-]. The molecule has 1 heterocycles. The van der Waals surface area contributed by atoms with Crippen molar-refractivity contribution >= 4 is 32.9 Å². The van der Waals surface area contributed by atoms with Gasteiger partial charge in [0.1, 0.15) is 11.4 Å². The zero-order valence-corrected chi connectivity index (χ0v) is 8.85. The van der Waals surface area contributed by atoms with Crippen LogP contribution in [0.15, 0.2) is 17.6 Å². The Morgan fingerprint density at radius 2 is 2.36 bits per heavy atom. The van der Waals surface area contributed by atoms with E-state index in [4.69, 9.17) is 4.18 Å². The number of benzene rings is 1. The zero-order valence-electron chi connectivity index (χ0n) is 7.22. The molecule has 74 valence electrons. The first-order valence-corrected chi connectivity index (χ1v) is 5.67. The van der Waals surface area contributed by atoms with Crippen molar-refractivity contribution in [2.45, 2.75) is 6.92 Å². The van der Waals surface area contributed by atoms with Crippen LogP contribution in [0.2, 0.25) is 0 Å². The third-order valence-corrected chi connectivity index (χ3v) is 2.95. The Bertz CT molecular complexity index is 494. The van der Waals surface area contributed by atoms with Gasteiger partial charge in [0.15, 0.2) is 5.75 Å². The molecule has 0 spiro atoms. The minimum Gasteiger partial charge on any atom is -0.740 e. The fourth-order valence-corrected chi connectivity index (χ4v) is 2.40. The van der Waals surface area contributed by atoms with E-state index in [1.807, 2.05) is 6.07 Å². The largest absolute Gasteiger partial charge is 0.740 e. The fourth-order valence-electron chi connectivity index (χ4n) is 1.17. The van der Waals surface area contributed by atoms with Gasteiger partial charge in [-0.1, -0.05) is 6.07 Å². The van der Waals surface area contributed by atoms with Gasteiger partial charge >= 0.3 is 0 Å². The molecular weight excluding hydrogens is 222 g/mol. The Morgan fingerprint density at radius 1 is 1.57 bits per heavy atom. The van der Waals surface area contributed by atoms with E-state index in [2.05, 4.69) is 4.98 Å². The molecule has 0 saturated carbocycles. The van der Waals surface area contributed by atoms with Gasteiger partial charge in [0.2, 0.25) is 0 Å². The topological polar surface area (TPSA) is 62.2 Å². The molecule has 0 fully saturated rings. The van der Waals surface area contributed by atoms with Crippen LogP contribution in [0.1, 0.15) is 5.56 Å². The molecule has 0 N–H and O–H groups in total. The van der Waals surface area contributed by atoms with Crippen molar-refractivity contribution in [1.82, 2.24) is 4.98 Å². The number of nitrogens with zero attached hydrogens (tertiary/aromatic N) is 1. The average Bonchev–Trinajstić information content (AvgIpc) is 2.57. The van der Waals surface area contributed by atoms with E-state index in [0.717, 1.165) is 15.8 Å². The van der Waals surface area contributed by atoms with Gasteiger partial charge in [-0.15, -0.1) is 11.3 Å². The molecule has 0 saturated heterocycles. The monoisotopic (exact) mass is 228 g/mol. The van der Waals surface area contributed by atoms with Crippen LogP contribution in [0.25, 0.3) is 10.2 Å². The van der Waals surface area contributed by atoms with Crippen LogP contribution in [0.5, 0.6) is 5.75 Å². The smallest absolute Gasteiger partial charge is 0.161 e. The van der Waals surface area contributed by atoms with E-state index < -0.39 is 11.4 Å². The normalized spacial score (nSPS) is 13.0. The number of fused-ring (bicyclic) bond motifs is 1. The second-order valence-electron chi connectivity index (χ2n) is 2.70. The van der Waals surface area contributed by atoms with Crippen molar-refractivity contribution in [2.24, 2.45) is 0 Å². The van der Waals surface area contributed by atoms with Crippen LogP contribution >= 0.6 is 11.3 Å². The summed E-state index contributed by atoms with van der Waals surface area (Å²) in [5.41, 5.74) is 3.19. The third-order valence-electron chi connectivity index (χ3n) is 1.80. The number of aromatic nitrogens is 1. The molecule has 0 aliphatic carbocycles. The van der Waals surface area contributed by atoms with Gasteiger partial charge in [0.25, 0.3) is 0 Å².